The summed E-state index contributed by atoms with van der Waals surface area (Å²) in [6.07, 6.45) is -4.84. The molecule has 3 rings (SSSR count). The molecule has 0 bridgehead atoms. The van der Waals surface area contributed by atoms with E-state index in [-0.39, 0.29) is 12.1 Å². The Balaban J connectivity index is 1.76. The average molecular weight is 516 g/mol. The van der Waals surface area contributed by atoms with Crippen LogP contribution in [0.2, 0.25) is 5.02 Å². The molecule has 0 aliphatic carbocycles. The van der Waals surface area contributed by atoms with E-state index in [1.165, 1.54) is 6.07 Å². The molecular weight excluding hydrogens is 487 g/mol. The molecule has 10 heteroatoms. The number of alkyl halides is 3. The van der Waals surface area contributed by atoms with Gasteiger partial charge in [-0.3, -0.25) is 9.69 Å². The Morgan fingerprint density at radius 1 is 1.09 bits per heavy atom. The third kappa shape index (κ3) is 8.08. The molecule has 1 aliphatic rings. The number of halogens is 4. The fourth-order valence-electron chi connectivity index (χ4n) is 3.86. The molecule has 0 saturated carbocycles. The summed E-state index contributed by atoms with van der Waals surface area (Å²) in [5, 5.41) is 3.36. The first-order chi connectivity index (χ1) is 16.2. The Bertz CT molecular complexity index is 982. The fraction of sp³-hybridized carbons (Fsp3) is 0.458. The minimum absolute atomic E-state index is 0.121. The van der Waals surface area contributed by atoms with Gasteiger partial charge in [0.1, 0.15) is 5.75 Å². The highest BCUT2D eigenvalue weighted by molar-refractivity contribution is 7.99. The highest BCUT2D eigenvalue weighted by Gasteiger charge is 2.31. The van der Waals surface area contributed by atoms with Gasteiger partial charge in [-0.2, -0.15) is 0 Å². The first-order valence-corrected chi connectivity index (χ1v) is 12.6. The van der Waals surface area contributed by atoms with E-state index in [1.807, 2.05) is 13.0 Å². The van der Waals surface area contributed by atoms with Crippen LogP contribution in [-0.4, -0.2) is 60.5 Å². The molecule has 1 amide bonds. The number of thioether (sulfide) groups is 1. The van der Waals surface area contributed by atoms with Crippen molar-refractivity contribution in [2.24, 2.45) is 0 Å². The third-order valence-corrected chi connectivity index (χ3v) is 6.78. The van der Waals surface area contributed by atoms with Crippen molar-refractivity contribution in [1.29, 1.82) is 0 Å². The number of rotatable bonds is 9. The van der Waals surface area contributed by atoms with Crippen molar-refractivity contribution in [3.8, 4) is 5.75 Å². The highest BCUT2D eigenvalue weighted by Crippen LogP contribution is 2.27. The SMILES string of the molecule is CCSc1ccc(Cl)cc1CNC(=O)c1cc(CN2CCN(CC)CC2)cc(OC(F)(F)F)c1. The second-order valence-corrected chi connectivity index (χ2v) is 9.73. The topological polar surface area (TPSA) is 44.8 Å². The van der Waals surface area contributed by atoms with Crippen LogP contribution in [0.4, 0.5) is 13.2 Å². The number of likely N-dealkylation sites (N-methyl/N-ethyl adjacent to an activating group) is 1. The summed E-state index contributed by atoms with van der Waals surface area (Å²) >= 11 is 7.74. The number of nitrogens with one attached hydrogen (secondary N) is 1. The van der Waals surface area contributed by atoms with E-state index in [0.29, 0.717) is 17.1 Å². The van der Waals surface area contributed by atoms with Gasteiger partial charge in [0.25, 0.3) is 5.91 Å². The molecular formula is C24H29ClF3N3O2S. The summed E-state index contributed by atoms with van der Waals surface area (Å²) in [6.45, 7) is 9.18. The maximum absolute atomic E-state index is 12.9. The number of hydrogen-bond donors (Lipinski definition) is 1. The standard InChI is InChI=1S/C24H29ClF3N3O2S/c1-3-30-7-9-31(10-8-30)16-17-11-18(14-21(12-17)33-24(26,27)28)23(32)29-15-19-13-20(25)5-6-22(19)34-4-2/h5-6,11-14H,3-4,7-10,15-16H2,1-2H3,(H,29,32). The number of piperazine rings is 1. The van der Waals surface area contributed by atoms with Gasteiger partial charge in [0.2, 0.25) is 0 Å². The predicted molar refractivity (Wildman–Crippen MR) is 130 cm³/mol. The van der Waals surface area contributed by atoms with E-state index >= 15 is 0 Å². The van der Waals surface area contributed by atoms with E-state index in [0.717, 1.165) is 55.0 Å². The van der Waals surface area contributed by atoms with Crippen molar-refractivity contribution < 1.29 is 22.7 Å². The summed E-state index contributed by atoms with van der Waals surface area (Å²) < 4.78 is 42.9. The fourth-order valence-corrected chi connectivity index (χ4v) is 4.84. The molecule has 1 heterocycles. The summed E-state index contributed by atoms with van der Waals surface area (Å²) in [5.41, 5.74) is 1.57. The number of ether oxygens (including phenoxy) is 1. The molecule has 2 aromatic carbocycles. The van der Waals surface area contributed by atoms with Gasteiger partial charge in [0.05, 0.1) is 0 Å². The maximum atomic E-state index is 12.9. The number of hydrogen-bond acceptors (Lipinski definition) is 5. The lowest BCUT2D eigenvalue weighted by Crippen LogP contribution is -2.45. The zero-order valence-corrected chi connectivity index (χ0v) is 20.8. The van der Waals surface area contributed by atoms with Gasteiger partial charge >= 0.3 is 6.36 Å². The Morgan fingerprint density at radius 2 is 1.79 bits per heavy atom. The number of carbonyl (C=O) groups is 1. The van der Waals surface area contributed by atoms with Crippen LogP contribution in [0.5, 0.6) is 5.75 Å². The molecule has 186 valence electrons. The van der Waals surface area contributed by atoms with Crippen LogP contribution in [0, 0.1) is 0 Å². The first kappa shape index (κ1) is 26.7. The summed E-state index contributed by atoms with van der Waals surface area (Å²) in [7, 11) is 0. The van der Waals surface area contributed by atoms with Crippen molar-refractivity contribution in [2.45, 2.75) is 38.2 Å². The molecule has 1 saturated heterocycles. The monoisotopic (exact) mass is 515 g/mol. The normalized spacial score (nSPS) is 15.4. The Labute approximate surface area is 207 Å². The Kier molecular flexibility index (Phi) is 9.53. The minimum Gasteiger partial charge on any atom is -0.406 e. The van der Waals surface area contributed by atoms with Gasteiger partial charge in [-0.05, 0) is 59.8 Å². The largest absolute Gasteiger partial charge is 0.573 e. The number of amides is 1. The Hall–Kier alpha value is -1.94. The molecule has 1 fully saturated rings. The molecule has 0 unspecified atom stereocenters. The third-order valence-electron chi connectivity index (χ3n) is 5.54. The predicted octanol–water partition coefficient (Wildman–Crippen LogP) is 5.42. The van der Waals surface area contributed by atoms with Gasteiger partial charge in [-0.15, -0.1) is 24.9 Å². The maximum Gasteiger partial charge on any atom is 0.573 e. The van der Waals surface area contributed by atoms with Crippen molar-refractivity contribution in [3.63, 3.8) is 0 Å². The average Bonchev–Trinajstić information content (AvgIpc) is 2.78. The van der Waals surface area contributed by atoms with Crippen LogP contribution in [0.25, 0.3) is 0 Å². The number of nitrogens with zero attached hydrogens (tertiary/aromatic N) is 2. The van der Waals surface area contributed by atoms with Crippen molar-refractivity contribution in [2.75, 3.05) is 38.5 Å². The second-order valence-electron chi connectivity index (χ2n) is 7.99. The lowest BCUT2D eigenvalue weighted by molar-refractivity contribution is -0.274. The molecule has 1 N–H and O–H groups in total. The summed E-state index contributed by atoms with van der Waals surface area (Å²) in [6, 6.07) is 9.57. The van der Waals surface area contributed by atoms with Crippen LogP contribution in [0.3, 0.4) is 0 Å². The zero-order chi connectivity index (χ0) is 24.7. The number of benzene rings is 2. The zero-order valence-electron chi connectivity index (χ0n) is 19.3. The number of carbonyl (C=O) groups excluding carboxylic acids is 1. The molecule has 5 nitrogen and oxygen atoms in total. The highest BCUT2D eigenvalue weighted by atomic mass is 35.5. The van der Waals surface area contributed by atoms with Crippen LogP contribution in [-0.2, 0) is 13.1 Å². The van der Waals surface area contributed by atoms with E-state index < -0.39 is 18.0 Å². The van der Waals surface area contributed by atoms with E-state index in [1.54, 1.807) is 30.0 Å². The lowest BCUT2D eigenvalue weighted by Gasteiger charge is -2.34. The second kappa shape index (κ2) is 12.2. The van der Waals surface area contributed by atoms with Gasteiger partial charge in [0.15, 0.2) is 0 Å². The smallest absolute Gasteiger partial charge is 0.406 e. The van der Waals surface area contributed by atoms with Crippen molar-refractivity contribution >= 4 is 29.3 Å². The van der Waals surface area contributed by atoms with E-state index in [2.05, 4.69) is 26.8 Å². The molecule has 0 atom stereocenters. The van der Waals surface area contributed by atoms with Gasteiger partial charge in [0, 0.05) is 54.8 Å². The van der Waals surface area contributed by atoms with Crippen molar-refractivity contribution in [1.82, 2.24) is 15.1 Å². The van der Waals surface area contributed by atoms with Crippen LogP contribution < -0.4 is 10.1 Å². The van der Waals surface area contributed by atoms with E-state index in [4.69, 9.17) is 11.6 Å². The summed E-state index contributed by atoms with van der Waals surface area (Å²) in [4.78, 5) is 18.4. The van der Waals surface area contributed by atoms with Crippen molar-refractivity contribution in [3.05, 3.63) is 58.1 Å². The first-order valence-electron chi connectivity index (χ1n) is 11.2. The van der Waals surface area contributed by atoms with Gasteiger partial charge in [-0.1, -0.05) is 25.4 Å². The molecule has 0 radical (unpaired) electrons. The van der Waals surface area contributed by atoms with E-state index in [9.17, 15) is 18.0 Å². The van der Waals surface area contributed by atoms with Crippen LogP contribution >= 0.6 is 23.4 Å². The quantitative estimate of drug-likeness (QED) is 0.452. The molecule has 34 heavy (non-hydrogen) atoms. The Morgan fingerprint density at radius 3 is 2.44 bits per heavy atom. The van der Waals surface area contributed by atoms with Crippen LogP contribution in [0.15, 0.2) is 41.3 Å². The molecule has 0 spiro atoms. The molecule has 1 aliphatic heterocycles. The molecule has 2 aromatic rings. The van der Waals surface area contributed by atoms with Crippen LogP contribution in [0.1, 0.15) is 35.3 Å². The molecule has 0 aromatic heterocycles. The summed E-state index contributed by atoms with van der Waals surface area (Å²) in [5.74, 6) is -0.0145. The van der Waals surface area contributed by atoms with Gasteiger partial charge < -0.3 is 15.0 Å². The minimum atomic E-state index is -4.84. The van der Waals surface area contributed by atoms with Gasteiger partial charge in [-0.25, -0.2) is 0 Å². The lowest BCUT2D eigenvalue weighted by atomic mass is 10.1.